The molecule has 0 atom stereocenters. The summed E-state index contributed by atoms with van der Waals surface area (Å²) in [5.41, 5.74) is 0.378. The third-order valence-electron chi connectivity index (χ3n) is 2.64. The predicted octanol–water partition coefficient (Wildman–Crippen LogP) is 1.72. The van der Waals surface area contributed by atoms with Crippen LogP contribution in [0.25, 0.3) is 0 Å². The van der Waals surface area contributed by atoms with Crippen molar-refractivity contribution in [3.8, 4) is 5.75 Å². The maximum atomic E-state index is 11.9. The number of sulfone groups is 1. The van der Waals surface area contributed by atoms with Gasteiger partial charge in [-0.1, -0.05) is 0 Å². The van der Waals surface area contributed by atoms with E-state index in [-0.39, 0.29) is 5.75 Å². The Morgan fingerprint density at radius 1 is 1.20 bits per heavy atom. The Morgan fingerprint density at radius 3 is 2.40 bits per heavy atom. The molecule has 0 amide bonds. The van der Waals surface area contributed by atoms with Gasteiger partial charge in [0.25, 0.3) is 0 Å². The molecule has 0 aromatic heterocycles. The van der Waals surface area contributed by atoms with Crippen molar-refractivity contribution in [3.63, 3.8) is 0 Å². The van der Waals surface area contributed by atoms with Crippen molar-refractivity contribution >= 4 is 15.6 Å². The molecule has 0 heterocycles. The molecule has 1 rings (SSSR count). The van der Waals surface area contributed by atoms with Crippen molar-refractivity contribution in [2.24, 2.45) is 0 Å². The first-order valence-corrected chi connectivity index (χ1v) is 8.26. The Kier molecular flexibility index (Phi) is 6.67. The SMILES string of the molecule is CCOc1ccc(C(=O)CS(=O)(=O)CCCOC)cc1. The lowest BCUT2D eigenvalue weighted by Gasteiger charge is -2.05. The van der Waals surface area contributed by atoms with Gasteiger partial charge in [0.2, 0.25) is 0 Å². The highest BCUT2D eigenvalue weighted by Crippen LogP contribution is 2.13. The second kappa shape index (κ2) is 8.01. The van der Waals surface area contributed by atoms with Gasteiger partial charge in [-0.15, -0.1) is 0 Å². The largest absolute Gasteiger partial charge is 0.494 e. The molecule has 0 saturated heterocycles. The van der Waals surface area contributed by atoms with Gasteiger partial charge in [0.15, 0.2) is 15.6 Å². The fourth-order valence-electron chi connectivity index (χ4n) is 1.68. The van der Waals surface area contributed by atoms with Crippen molar-refractivity contribution in [3.05, 3.63) is 29.8 Å². The van der Waals surface area contributed by atoms with Crippen LogP contribution in [0.2, 0.25) is 0 Å². The normalized spacial score (nSPS) is 11.3. The quantitative estimate of drug-likeness (QED) is 0.513. The highest BCUT2D eigenvalue weighted by molar-refractivity contribution is 7.92. The first kappa shape index (κ1) is 16.7. The van der Waals surface area contributed by atoms with Crippen molar-refractivity contribution in [1.82, 2.24) is 0 Å². The first-order chi connectivity index (χ1) is 9.48. The fourth-order valence-corrected chi connectivity index (χ4v) is 2.95. The number of benzene rings is 1. The minimum Gasteiger partial charge on any atom is -0.494 e. The van der Waals surface area contributed by atoms with Crippen molar-refractivity contribution in [2.45, 2.75) is 13.3 Å². The Bertz CT molecular complexity index is 519. The predicted molar refractivity (Wildman–Crippen MR) is 77.1 cm³/mol. The van der Waals surface area contributed by atoms with Crippen LogP contribution in [0.5, 0.6) is 5.75 Å². The number of hydrogen-bond donors (Lipinski definition) is 0. The molecule has 0 unspecified atom stereocenters. The maximum absolute atomic E-state index is 11.9. The van der Waals surface area contributed by atoms with E-state index in [9.17, 15) is 13.2 Å². The number of carbonyl (C=O) groups is 1. The van der Waals surface area contributed by atoms with Gasteiger partial charge in [0, 0.05) is 19.3 Å². The molecule has 0 saturated carbocycles. The lowest BCUT2D eigenvalue weighted by atomic mass is 10.1. The van der Waals surface area contributed by atoms with E-state index >= 15 is 0 Å². The topological polar surface area (TPSA) is 69.7 Å². The summed E-state index contributed by atoms with van der Waals surface area (Å²) >= 11 is 0. The molecular formula is C14H20O5S. The number of carbonyl (C=O) groups excluding carboxylic acids is 1. The summed E-state index contributed by atoms with van der Waals surface area (Å²) in [6.07, 6.45) is 0.398. The highest BCUT2D eigenvalue weighted by atomic mass is 32.2. The number of hydrogen-bond acceptors (Lipinski definition) is 5. The lowest BCUT2D eigenvalue weighted by Crippen LogP contribution is -2.19. The van der Waals surface area contributed by atoms with Crippen LogP contribution in [0.1, 0.15) is 23.7 Å². The van der Waals surface area contributed by atoms with Crippen LogP contribution in [0, 0.1) is 0 Å². The van der Waals surface area contributed by atoms with Gasteiger partial charge in [0.1, 0.15) is 11.5 Å². The molecule has 1 aromatic carbocycles. The number of Topliss-reactive ketones (excluding diaryl/α,β-unsaturated/α-hetero) is 1. The molecule has 0 bridgehead atoms. The summed E-state index contributed by atoms with van der Waals surface area (Å²) < 4.78 is 33.6. The van der Waals surface area contributed by atoms with Crippen LogP contribution in [0.4, 0.5) is 0 Å². The zero-order chi connectivity index (χ0) is 15.0. The maximum Gasteiger partial charge on any atom is 0.177 e. The van der Waals surface area contributed by atoms with Crippen LogP contribution in [0.3, 0.4) is 0 Å². The molecule has 20 heavy (non-hydrogen) atoms. The van der Waals surface area contributed by atoms with Crippen molar-refractivity contribution in [2.75, 3.05) is 31.8 Å². The summed E-state index contributed by atoms with van der Waals surface area (Å²) in [5, 5.41) is 0. The molecule has 1 aromatic rings. The third kappa shape index (κ3) is 5.71. The standard InChI is InChI=1S/C14H20O5S/c1-3-19-13-7-5-12(6-8-13)14(15)11-20(16,17)10-4-9-18-2/h5-8H,3-4,9-11H2,1-2H3. The molecule has 0 radical (unpaired) electrons. The van der Waals surface area contributed by atoms with E-state index in [4.69, 9.17) is 9.47 Å². The van der Waals surface area contributed by atoms with Gasteiger partial charge in [-0.2, -0.15) is 0 Å². The summed E-state index contributed by atoms with van der Waals surface area (Å²) in [6.45, 7) is 2.78. The van der Waals surface area contributed by atoms with E-state index in [1.165, 1.54) is 7.11 Å². The van der Waals surface area contributed by atoms with E-state index in [2.05, 4.69) is 0 Å². The van der Waals surface area contributed by atoms with E-state index in [1.54, 1.807) is 24.3 Å². The molecule has 0 aliphatic rings. The fraction of sp³-hybridized carbons (Fsp3) is 0.500. The molecule has 6 heteroatoms. The van der Waals surface area contributed by atoms with Crippen LogP contribution in [-0.2, 0) is 14.6 Å². The lowest BCUT2D eigenvalue weighted by molar-refractivity contribution is 0.102. The van der Waals surface area contributed by atoms with Crippen molar-refractivity contribution < 1.29 is 22.7 Å². The number of methoxy groups -OCH3 is 1. The highest BCUT2D eigenvalue weighted by Gasteiger charge is 2.17. The number of rotatable bonds is 9. The zero-order valence-corrected chi connectivity index (χ0v) is 12.6. The Labute approximate surface area is 119 Å². The van der Waals surface area contributed by atoms with E-state index in [1.807, 2.05) is 6.92 Å². The van der Waals surface area contributed by atoms with Gasteiger partial charge in [-0.25, -0.2) is 8.42 Å². The summed E-state index contributed by atoms with van der Waals surface area (Å²) in [6, 6.07) is 6.48. The molecule has 0 fully saturated rings. The monoisotopic (exact) mass is 300 g/mol. The van der Waals surface area contributed by atoms with Crippen LogP contribution >= 0.6 is 0 Å². The van der Waals surface area contributed by atoms with Gasteiger partial charge in [-0.05, 0) is 37.6 Å². The average Bonchev–Trinajstić information content (AvgIpc) is 2.39. The minimum atomic E-state index is -3.38. The summed E-state index contributed by atoms with van der Waals surface area (Å²) in [4.78, 5) is 11.9. The van der Waals surface area contributed by atoms with E-state index < -0.39 is 21.4 Å². The molecule has 0 N–H and O–H groups in total. The van der Waals surface area contributed by atoms with Crippen LogP contribution in [0.15, 0.2) is 24.3 Å². The minimum absolute atomic E-state index is 0.0381. The van der Waals surface area contributed by atoms with Crippen LogP contribution < -0.4 is 4.74 Å². The zero-order valence-electron chi connectivity index (χ0n) is 11.8. The Morgan fingerprint density at radius 2 is 1.85 bits per heavy atom. The molecule has 0 aliphatic carbocycles. The second-order valence-electron chi connectivity index (χ2n) is 4.32. The number of ether oxygens (including phenoxy) is 2. The van der Waals surface area contributed by atoms with Gasteiger partial charge in [-0.3, -0.25) is 4.79 Å². The summed E-state index contributed by atoms with van der Waals surface area (Å²) in [5.74, 6) is -0.244. The Balaban J connectivity index is 2.61. The first-order valence-electron chi connectivity index (χ1n) is 6.44. The molecule has 5 nitrogen and oxygen atoms in total. The molecule has 0 spiro atoms. The smallest absolute Gasteiger partial charge is 0.177 e. The summed E-state index contributed by atoms with van der Waals surface area (Å²) in [7, 11) is -1.87. The molecule has 0 aliphatic heterocycles. The van der Waals surface area contributed by atoms with Crippen molar-refractivity contribution in [1.29, 1.82) is 0 Å². The molecule has 112 valence electrons. The Hall–Kier alpha value is -1.40. The van der Waals surface area contributed by atoms with Gasteiger partial charge >= 0.3 is 0 Å². The average molecular weight is 300 g/mol. The number of ketones is 1. The molecular weight excluding hydrogens is 280 g/mol. The van der Waals surface area contributed by atoms with Gasteiger partial charge < -0.3 is 9.47 Å². The van der Waals surface area contributed by atoms with Gasteiger partial charge in [0.05, 0.1) is 12.4 Å². The van der Waals surface area contributed by atoms with Crippen LogP contribution in [-0.4, -0.2) is 46.0 Å². The third-order valence-corrected chi connectivity index (χ3v) is 4.25. The second-order valence-corrected chi connectivity index (χ2v) is 6.50. The van der Waals surface area contributed by atoms with E-state index in [0.29, 0.717) is 30.9 Å². The van der Waals surface area contributed by atoms with E-state index in [0.717, 1.165) is 0 Å².